The zero-order valence-corrected chi connectivity index (χ0v) is 20.5. The number of benzene rings is 1. The molecule has 3 aromatic rings. The fourth-order valence-corrected chi connectivity index (χ4v) is 5.07. The van der Waals surface area contributed by atoms with Crippen LogP contribution < -0.4 is 16.4 Å². The number of aromatic amines is 1. The van der Waals surface area contributed by atoms with Crippen LogP contribution in [0.1, 0.15) is 33.9 Å². The largest absolute Gasteiger partial charge is 0.387 e. The molecule has 1 aliphatic heterocycles. The summed E-state index contributed by atoms with van der Waals surface area (Å²) in [6, 6.07) is 5.17. The maximum Gasteiger partial charge on any atom is 0.274 e. The Morgan fingerprint density at radius 3 is 2.78 bits per heavy atom. The van der Waals surface area contributed by atoms with Crippen LogP contribution in [0.5, 0.6) is 0 Å². The number of nitrogens with one attached hydrogen (secondary N) is 3. The van der Waals surface area contributed by atoms with Gasteiger partial charge in [-0.3, -0.25) is 19.2 Å². The van der Waals surface area contributed by atoms with Gasteiger partial charge >= 0.3 is 0 Å². The summed E-state index contributed by atoms with van der Waals surface area (Å²) in [5.74, 6) is -2.23. The third-order valence-corrected chi connectivity index (χ3v) is 7.05. The van der Waals surface area contributed by atoms with Gasteiger partial charge in [0, 0.05) is 41.5 Å². The van der Waals surface area contributed by atoms with E-state index in [0.29, 0.717) is 6.42 Å². The average Bonchev–Trinajstić information content (AvgIpc) is 3.49. The van der Waals surface area contributed by atoms with Crippen molar-refractivity contribution in [2.75, 3.05) is 13.2 Å². The van der Waals surface area contributed by atoms with Crippen LogP contribution >= 0.6 is 11.3 Å². The van der Waals surface area contributed by atoms with Crippen molar-refractivity contribution >= 4 is 45.9 Å². The fourth-order valence-electron chi connectivity index (χ4n) is 4.48. The SMILES string of the molecule is Cc1nc(C(=O)N2CCC(NC(=O)CO)CC2C(=O)NC(Cc2c[nH]c3ccccc23)C(N)=O)cs1. The number of hydrogen-bond acceptors (Lipinski definition) is 7. The molecule has 0 spiro atoms. The molecule has 12 heteroatoms. The zero-order valence-electron chi connectivity index (χ0n) is 19.7. The summed E-state index contributed by atoms with van der Waals surface area (Å²) in [6.45, 7) is 1.29. The number of thiazole rings is 1. The van der Waals surface area contributed by atoms with Gasteiger partial charge in [-0.2, -0.15) is 0 Å². The molecule has 1 aromatic carbocycles. The molecule has 0 saturated carbocycles. The monoisotopic (exact) mass is 512 g/mol. The summed E-state index contributed by atoms with van der Waals surface area (Å²) in [5, 5.41) is 17.8. The Labute approximate surface area is 211 Å². The van der Waals surface area contributed by atoms with Crippen molar-refractivity contribution in [1.82, 2.24) is 25.5 Å². The normalized spacial score (nSPS) is 18.6. The van der Waals surface area contributed by atoms with Crippen molar-refractivity contribution in [2.24, 2.45) is 5.73 Å². The molecule has 2 aromatic heterocycles. The molecule has 6 N–H and O–H groups in total. The first kappa shape index (κ1) is 25.3. The number of nitrogens with zero attached hydrogens (tertiary/aromatic N) is 2. The van der Waals surface area contributed by atoms with E-state index >= 15 is 0 Å². The number of primary amides is 1. The standard InChI is InChI=1S/C24H28N6O5S/c1-13-27-19(12-36-13)24(35)30-7-6-15(28-21(32)11-31)9-20(30)23(34)29-18(22(25)33)8-14-10-26-17-5-3-2-4-16(14)17/h2-5,10,12,15,18,20,26,31H,6-9,11H2,1H3,(H2,25,33)(H,28,32)(H,29,34). The number of aromatic nitrogens is 2. The van der Waals surface area contributed by atoms with E-state index in [1.54, 1.807) is 18.5 Å². The number of carbonyl (C=O) groups is 4. The predicted octanol–water partition coefficient (Wildman–Crippen LogP) is 0.227. The Morgan fingerprint density at radius 2 is 2.08 bits per heavy atom. The second-order valence-electron chi connectivity index (χ2n) is 8.74. The van der Waals surface area contributed by atoms with Gasteiger partial charge in [0.05, 0.1) is 5.01 Å². The molecule has 0 radical (unpaired) electrons. The quantitative estimate of drug-likeness (QED) is 0.289. The van der Waals surface area contributed by atoms with Crippen LogP contribution in [0.25, 0.3) is 10.9 Å². The minimum Gasteiger partial charge on any atom is -0.387 e. The van der Waals surface area contributed by atoms with Gasteiger partial charge in [-0.25, -0.2) is 4.98 Å². The highest BCUT2D eigenvalue weighted by Crippen LogP contribution is 2.23. The number of aliphatic hydroxyl groups is 1. The van der Waals surface area contributed by atoms with Crippen molar-refractivity contribution in [3.63, 3.8) is 0 Å². The maximum atomic E-state index is 13.5. The van der Waals surface area contributed by atoms with E-state index in [-0.39, 0.29) is 25.1 Å². The highest BCUT2D eigenvalue weighted by atomic mass is 32.1. The third-order valence-electron chi connectivity index (χ3n) is 6.27. The van der Waals surface area contributed by atoms with Crippen molar-refractivity contribution in [2.45, 2.75) is 44.3 Å². The van der Waals surface area contributed by atoms with Gasteiger partial charge in [0.25, 0.3) is 5.91 Å². The molecular formula is C24H28N6O5S. The second kappa shape index (κ2) is 10.9. The van der Waals surface area contributed by atoms with Gasteiger partial charge in [-0.05, 0) is 31.4 Å². The van der Waals surface area contributed by atoms with Crippen LogP contribution in [0.3, 0.4) is 0 Å². The van der Waals surface area contributed by atoms with Gasteiger partial charge in [-0.1, -0.05) is 18.2 Å². The lowest BCUT2D eigenvalue weighted by Gasteiger charge is -2.39. The first-order valence-corrected chi connectivity index (χ1v) is 12.4. The molecule has 11 nitrogen and oxygen atoms in total. The molecule has 1 fully saturated rings. The van der Waals surface area contributed by atoms with E-state index in [9.17, 15) is 19.2 Å². The Hall–Kier alpha value is -3.77. The van der Waals surface area contributed by atoms with Crippen LogP contribution in [-0.4, -0.2) is 74.9 Å². The Balaban J connectivity index is 1.55. The summed E-state index contributed by atoms with van der Waals surface area (Å²) in [6.07, 6.45) is 2.46. The Morgan fingerprint density at radius 1 is 1.31 bits per heavy atom. The molecule has 0 aliphatic carbocycles. The highest BCUT2D eigenvalue weighted by molar-refractivity contribution is 7.09. The molecular weight excluding hydrogens is 484 g/mol. The van der Waals surface area contributed by atoms with Gasteiger partial charge in [0.2, 0.25) is 17.7 Å². The number of aryl methyl sites for hydroxylation is 1. The van der Waals surface area contributed by atoms with Gasteiger partial charge in [-0.15, -0.1) is 11.3 Å². The third kappa shape index (κ3) is 5.55. The number of amides is 4. The Kier molecular flexibility index (Phi) is 7.65. The smallest absolute Gasteiger partial charge is 0.274 e. The molecule has 36 heavy (non-hydrogen) atoms. The van der Waals surface area contributed by atoms with Gasteiger partial charge < -0.3 is 31.4 Å². The second-order valence-corrected chi connectivity index (χ2v) is 9.80. The van der Waals surface area contributed by atoms with E-state index in [1.807, 2.05) is 24.3 Å². The van der Waals surface area contributed by atoms with E-state index in [0.717, 1.165) is 21.5 Å². The molecule has 190 valence electrons. The summed E-state index contributed by atoms with van der Waals surface area (Å²) < 4.78 is 0. The molecule has 3 heterocycles. The lowest BCUT2D eigenvalue weighted by atomic mass is 9.95. The van der Waals surface area contributed by atoms with Crippen LogP contribution in [0.15, 0.2) is 35.8 Å². The maximum absolute atomic E-state index is 13.5. The molecule has 4 rings (SSSR count). The topological polar surface area (TPSA) is 171 Å². The lowest BCUT2D eigenvalue weighted by molar-refractivity contribution is -0.132. The van der Waals surface area contributed by atoms with E-state index in [4.69, 9.17) is 10.8 Å². The lowest BCUT2D eigenvalue weighted by Crippen LogP contribution is -2.60. The first-order valence-electron chi connectivity index (χ1n) is 11.5. The number of H-pyrrole nitrogens is 1. The fraction of sp³-hybridized carbons (Fsp3) is 0.375. The molecule has 3 atom stereocenters. The van der Waals surface area contributed by atoms with E-state index in [1.165, 1.54) is 16.2 Å². The van der Waals surface area contributed by atoms with Crippen LogP contribution in [0, 0.1) is 6.92 Å². The van der Waals surface area contributed by atoms with Crippen molar-refractivity contribution in [1.29, 1.82) is 0 Å². The number of para-hydroxylation sites is 1. The minimum absolute atomic E-state index is 0.116. The van der Waals surface area contributed by atoms with Gasteiger partial charge in [0.1, 0.15) is 24.4 Å². The average molecular weight is 513 g/mol. The first-order chi connectivity index (χ1) is 17.3. The highest BCUT2D eigenvalue weighted by Gasteiger charge is 2.39. The number of rotatable bonds is 8. The number of nitrogens with two attached hydrogens (primary N) is 1. The predicted molar refractivity (Wildman–Crippen MR) is 133 cm³/mol. The van der Waals surface area contributed by atoms with Crippen molar-refractivity contribution in [3.8, 4) is 0 Å². The number of fused-ring (bicyclic) bond motifs is 1. The van der Waals surface area contributed by atoms with Crippen LogP contribution in [-0.2, 0) is 20.8 Å². The summed E-state index contributed by atoms with van der Waals surface area (Å²) in [5.41, 5.74) is 7.58. The molecule has 1 saturated heterocycles. The molecule has 4 amide bonds. The van der Waals surface area contributed by atoms with E-state index in [2.05, 4.69) is 20.6 Å². The molecule has 1 aliphatic rings. The summed E-state index contributed by atoms with van der Waals surface area (Å²) >= 11 is 1.33. The summed E-state index contributed by atoms with van der Waals surface area (Å²) in [7, 11) is 0. The van der Waals surface area contributed by atoms with Crippen LogP contribution in [0.4, 0.5) is 0 Å². The van der Waals surface area contributed by atoms with E-state index < -0.39 is 48.4 Å². The number of piperidine rings is 1. The zero-order chi connectivity index (χ0) is 25.8. The molecule has 0 bridgehead atoms. The van der Waals surface area contributed by atoms with Gasteiger partial charge in [0.15, 0.2) is 0 Å². The summed E-state index contributed by atoms with van der Waals surface area (Å²) in [4.78, 5) is 59.5. The number of aliphatic hydroxyl groups excluding tert-OH is 1. The Bertz CT molecular complexity index is 1290. The number of hydrogen-bond donors (Lipinski definition) is 5. The minimum atomic E-state index is -1.01. The molecule has 3 unspecified atom stereocenters. The number of likely N-dealkylation sites (tertiary alicyclic amines) is 1. The van der Waals surface area contributed by atoms with Crippen molar-refractivity contribution in [3.05, 3.63) is 52.1 Å². The van der Waals surface area contributed by atoms with Crippen LogP contribution in [0.2, 0.25) is 0 Å². The van der Waals surface area contributed by atoms with Crippen molar-refractivity contribution < 1.29 is 24.3 Å². The number of carbonyl (C=O) groups excluding carboxylic acids is 4.